The molecular formula is C14H21NO3. The van der Waals surface area contributed by atoms with E-state index in [0.717, 1.165) is 30.9 Å². The molecule has 0 radical (unpaired) electrons. The molecule has 2 N–H and O–H groups in total. The van der Waals surface area contributed by atoms with Gasteiger partial charge in [-0.2, -0.15) is 0 Å². The molecule has 0 saturated heterocycles. The van der Waals surface area contributed by atoms with Crippen LogP contribution < -0.4 is 14.8 Å². The fourth-order valence-corrected chi connectivity index (χ4v) is 2.07. The first-order valence-electron chi connectivity index (χ1n) is 6.56. The number of aliphatic hydroxyl groups is 1. The predicted octanol–water partition coefficient (Wildman–Crippen LogP) is 1.71. The minimum Gasteiger partial charge on any atom is -0.486 e. The molecule has 0 aromatic heterocycles. The van der Waals surface area contributed by atoms with Crippen LogP contribution in [0.4, 0.5) is 0 Å². The summed E-state index contributed by atoms with van der Waals surface area (Å²) in [5, 5.41) is 12.4. The third-order valence-corrected chi connectivity index (χ3v) is 3.17. The summed E-state index contributed by atoms with van der Waals surface area (Å²) < 4.78 is 11.0. The van der Waals surface area contributed by atoms with Gasteiger partial charge in [-0.25, -0.2) is 0 Å². The van der Waals surface area contributed by atoms with E-state index in [1.54, 1.807) is 0 Å². The van der Waals surface area contributed by atoms with Gasteiger partial charge in [0.1, 0.15) is 13.2 Å². The van der Waals surface area contributed by atoms with E-state index >= 15 is 0 Å². The molecule has 1 aliphatic rings. The molecule has 4 heteroatoms. The van der Waals surface area contributed by atoms with Gasteiger partial charge in [0, 0.05) is 19.2 Å². The third kappa shape index (κ3) is 3.37. The van der Waals surface area contributed by atoms with Crippen LogP contribution in [0.2, 0.25) is 0 Å². The Morgan fingerprint density at radius 2 is 2.06 bits per heavy atom. The molecule has 18 heavy (non-hydrogen) atoms. The number of hydrogen-bond donors (Lipinski definition) is 2. The highest BCUT2D eigenvalue weighted by atomic mass is 16.6. The Morgan fingerprint density at radius 1 is 1.28 bits per heavy atom. The molecule has 1 atom stereocenters. The molecule has 1 aliphatic heterocycles. The summed E-state index contributed by atoms with van der Waals surface area (Å²) >= 11 is 0. The highest BCUT2D eigenvalue weighted by Gasteiger charge is 2.12. The highest BCUT2D eigenvalue weighted by molar-refractivity contribution is 5.43. The van der Waals surface area contributed by atoms with Crippen molar-refractivity contribution in [1.29, 1.82) is 0 Å². The van der Waals surface area contributed by atoms with Crippen LogP contribution in [-0.4, -0.2) is 31.0 Å². The summed E-state index contributed by atoms with van der Waals surface area (Å²) in [5.74, 6) is 1.66. The summed E-state index contributed by atoms with van der Waals surface area (Å²) in [6, 6.07) is 6.39. The van der Waals surface area contributed by atoms with E-state index in [1.165, 1.54) is 5.56 Å². The van der Waals surface area contributed by atoms with Crippen LogP contribution in [0.3, 0.4) is 0 Å². The molecule has 0 spiro atoms. The van der Waals surface area contributed by atoms with Crippen molar-refractivity contribution in [3.8, 4) is 11.5 Å². The molecule has 0 fully saturated rings. The highest BCUT2D eigenvalue weighted by Crippen LogP contribution is 2.30. The van der Waals surface area contributed by atoms with Gasteiger partial charge in [-0.3, -0.25) is 0 Å². The van der Waals surface area contributed by atoms with Gasteiger partial charge in [0.15, 0.2) is 11.5 Å². The Morgan fingerprint density at radius 3 is 2.78 bits per heavy atom. The van der Waals surface area contributed by atoms with Crippen molar-refractivity contribution in [2.75, 3.05) is 19.8 Å². The van der Waals surface area contributed by atoms with Gasteiger partial charge < -0.3 is 19.9 Å². The molecule has 100 valence electrons. The zero-order valence-corrected chi connectivity index (χ0v) is 10.8. The summed E-state index contributed by atoms with van der Waals surface area (Å²) in [6.07, 6.45) is 1.81. The number of fused-ring (bicyclic) bond motifs is 1. The van der Waals surface area contributed by atoms with Gasteiger partial charge in [-0.05, 0) is 30.5 Å². The molecule has 1 aromatic rings. The predicted molar refractivity (Wildman–Crippen MR) is 70.1 cm³/mol. The molecule has 2 rings (SSSR count). The molecule has 0 saturated carbocycles. The minimum atomic E-state index is 0.229. The quantitative estimate of drug-likeness (QED) is 0.808. The number of rotatable bonds is 6. The normalized spacial score (nSPS) is 15.4. The number of benzene rings is 1. The van der Waals surface area contributed by atoms with Crippen LogP contribution in [-0.2, 0) is 6.54 Å². The van der Waals surface area contributed by atoms with Gasteiger partial charge in [0.25, 0.3) is 0 Å². The first-order valence-corrected chi connectivity index (χ1v) is 6.56. The van der Waals surface area contributed by atoms with Crippen LogP contribution in [0, 0.1) is 0 Å². The van der Waals surface area contributed by atoms with Gasteiger partial charge >= 0.3 is 0 Å². The molecule has 1 aromatic carbocycles. The number of ether oxygens (including phenoxy) is 2. The third-order valence-electron chi connectivity index (χ3n) is 3.17. The van der Waals surface area contributed by atoms with Crippen molar-refractivity contribution in [2.45, 2.75) is 32.4 Å². The Kier molecular flexibility index (Phi) is 4.84. The fourth-order valence-electron chi connectivity index (χ4n) is 2.07. The number of nitrogens with one attached hydrogen (secondary N) is 1. The van der Waals surface area contributed by atoms with E-state index in [4.69, 9.17) is 14.6 Å². The molecule has 0 amide bonds. The average Bonchev–Trinajstić information content (AvgIpc) is 2.43. The second-order valence-corrected chi connectivity index (χ2v) is 4.48. The topological polar surface area (TPSA) is 50.7 Å². The number of hydrogen-bond acceptors (Lipinski definition) is 4. The van der Waals surface area contributed by atoms with Crippen LogP contribution >= 0.6 is 0 Å². The summed E-state index contributed by atoms with van der Waals surface area (Å²) in [5.41, 5.74) is 1.18. The SMILES string of the molecule is CCC(CCO)NCc1ccc2c(c1)OCCO2. The van der Waals surface area contributed by atoms with E-state index < -0.39 is 0 Å². The van der Waals surface area contributed by atoms with E-state index in [2.05, 4.69) is 12.2 Å². The standard InChI is InChI=1S/C14H21NO3/c1-2-12(5-6-16)15-10-11-3-4-13-14(9-11)18-8-7-17-13/h3-4,9,12,15-16H,2,5-8,10H2,1H3. The van der Waals surface area contributed by atoms with Crippen LogP contribution in [0.1, 0.15) is 25.3 Å². The summed E-state index contributed by atoms with van der Waals surface area (Å²) in [7, 11) is 0. The van der Waals surface area contributed by atoms with Gasteiger partial charge in [-0.1, -0.05) is 13.0 Å². The summed E-state index contributed by atoms with van der Waals surface area (Å²) in [6.45, 7) is 4.38. The lowest BCUT2D eigenvalue weighted by Crippen LogP contribution is -2.28. The van der Waals surface area contributed by atoms with Crippen LogP contribution in [0.5, 0.6) is 11.5 Å². The molecule has 1 heterocycles. The Bertz CT molecular complexity index is 381. The molecule has 0 aliphatic carbocycles. The Labute approximate surface area is 108 Å². The smallest absolute Gasteiger partial charge is 0.161 e. The second kappa shape index (κ2) is 6.61. The van der Waals surface area contributed by atoms with Gasteiger partial charge in [-0.15, -0.1) is 0 Å². The van der Waals surface area contributed by atoms with Crippen molar-refractivity contribution in [3.05, 3.63) is 23.8 Å². The lowest BCUT2D eigenvalue weighted by molar-refractivity contribution is 0.171. The zero-order chi connectivity index (χ0) is 12.8. The Hall–Kier alpha value is -1.26. The lowest BCUT2D eigenvalue weighted by Gasteiger charge is -2.20. The van der Waals surface area contributed by atoms with Crippen molar-refractivity contribution in [1.82, 2.24) is 5.32 Å². The van der Waals surface area contributed by atoms with Crippen LogP contribution in [0.25, 0.3) is 0 Å². The summed E-state index contributed by atoms with van der Waals surface area (Å²) in [4.78, 5) is 0. The average molecular weight is 251 g/mol. The maximum absolute atomic E-state index is 8.95. The van der Waals surface area contributed by atoms with E-state index in [9.17, 15) is 0 Å². The maximum Gasteiger partial charge on any atom is 0.161 e. The zero-order valence-electron chi connectivity index (χ0n) is 10.8. The minimum absolute atomic E-state index is 0.229. The second-order valence-electron chi connectivity index (χ2n) is 4.48. The van der Waals surface area contributed by atoms with E-state index in [1.807, 2.05) is 18.2 Å². The maximum atomic E-state index is 8.95. The molecular weight excluding hydrogens is 230 g/mol. The van der Waals surface area contributed by atoms with E-state index in [0.29, 0.717) is 19.3 Å². The van der Waals surface area contributed by atoms with Crippen LogP contribution in [0.15, 0.2) is 18.2 Å². The van der Waals surface area contributed by atoms with E-state index in [-0.39, 0.29) is 6.61 Å². The van der Waals surface area contributed by atoms with Gasteiger partial charge in [0.2, 0.25) is 0 Å². The van der Waals surface area contributed by atoms with Crippen molar-refractivity contribution < 1.29 is 14.6 Å². The first-order chi connectivity index (χ1) is 8.83. The fraction of sp³-hybridized carbons (Fsp3) is 0.571. The number of aliphatic hydroxyl groups excluding tert-OH is 1. The molecule has 0 bridgehead atoms. The largest absolute Gasteiger partial charge is 0.486 e. The van der Waals surface area contributed by atoms with Gasteiger partial charge in [0.05, 0.1) is 0 Å². The molecule has 4 nitrogen and oxygen atoms in total. The van der Waals surface area contributed by atoms with Crippen molar-refractivity contribution in [2.24, 2.45) is 0 Å². The van der Waals surface area contributed by atoms with Crippen molar-refractivity contribution >= 4 is 0 Å². The first kappa shape index (κ1) is 13.2. The molecule has 1 unspecified atom stereocenters. The lowest BCUT2D eigenvalue weighted by atomic mass is 10.1. The van der Waals surface area contributed by atoms with Crippen molar-refractivity contribution in [3.63, 3.8) is 0 Å². The monoisotopic (exact) mass is 251 g/mol. The Balaban J connectivity index is 1.93.